The van der Waals surface area contributed by atoms with Gasteiger partial charge in [-0.2, -0.15) is 0 Å². The molecule has 1 aromatic heterocycles. The quantitative estimate of drug-likeness (QED) is 0.291. The van der Waals surface area contributed by atoms with Crippen LogP contribution in [-0.4, -0.2) is 51.9 Å². The van der Waals surface area contributed by atoms with Crippen LogP contribution in [0.3, 0.4) is 0 Å². The third kappa shape index (κ3) is 6.29. The van der Waals surface area contributed by atoms with Crippen LogP contribution in [0.5, 0.6) is 0 Å². The summed E-state index contributed by atoms with van der Waals surface area (Å²) >= 11 is 0. The van der Waals surface area contributed by atoms with Crippen LogP contribution in [0.4, 0.5) is 0 Å². The molecule has 0 bridgehead atoms. The van der Waals surface area contributed by atoms with Gasteiger partial charge in [0.1, 0.15) is 12.1 Å². The van der Waals surface area contributed by atoms with E-state index >= 15 is 0 Å². The van der Waals surface area contributed by atoms with Crippen molar-refractivity contribution in [2.24, 2.45) is 17.4 Å². The molecule has 4 atom stereocenters. The highest BCUT2D eigenvalue weighted by atomic mass is 16.4. The molecule has 4 unspecified atom stereocenters. The van der Waals surface area contributed by atoms with Crippen molar-refractivity contribution in [2.75, 3.05) is 0 Å². The minimum absolute atomic E-state index is 0.0950. The van der Waals surface area contributed by atoms with Crippen LogP contribution in [0.1, 0.15) is 32.3 Å². The highest BCUT2D eigenvalue weighted by Gasteiger charge is 2.30. The molecule has 0 fully saturated rings. The Bertz CT molecular complexity index is 957. The lowest BCUT2D eigenvalue weighted by molar-refractivity contribution is -0.143. The van der Waals surface area contributed by atoms with Crippen molar-refractivity contribution in [1.82, 2.24) is 15.6 Å². The number of aliphatic carboxylic acids is 1. The fraction of sp³-hybridized carbons (Fsp3) is 0.429. The number of carboxylic acids is 1. The summed E-state index contributed by atoms with van der Waals surface area (Å²) in [5.41, 5.74) is 12.7. The Labute approximate surface area is 179 Å². The molecule has 2 aromatic rings. The molecule has 3 amide bonds. The maximum Gasteiger partial charge on any atom is 0.326 e. The Morgan fingerprint density at radius 1 is 1.10 bits per heavy atom. The van der Waals surface area contributed by atoms with Crippen LogP contribution in [0.25, 0.3) is 10.9 Å². The summed E-state index contributed by atoms with van der Waals surface area (Å²) in [6.07, 6.45) is 1.93. The minimum Gasteiger partial charge on any atom is -0.480 e. The van der Waals surface area contributed by atoms with Crippen molar-refractivity contribution in [1.29, 1.82) is 0 Å². The number of amides is 3. The molecule has 8 N–H and O–H groups in total. The fourth-order valence-electron chi connectivity index (χ4n) is 3.18. The lowest BCUT2D eigenvalue weighted by Gasteiger charge is -2.24. The Balaban J connectivity index is 2.27. The summed E-state index contributed by atoms with van der Waals surface area (Å²) < 4.78 is 0. The van der Waals surface area contributed by atoms with Gasteiger partial charge >= 0.3 is 5.97 Å². The van der Waals surface area contributed by atoms with Crippen LogP contribution in [0.15, 0.2) is 30.5 Å². The fourth-order valence-corrected chi connectivity index (χ4v) is 3.18. The van der Waals surface area contributed by atoms with Gasteiger partial charge < -0.3 is 32.2 Å². The molecule has 0 aliphatic carbocycles. The van der Waals surface area contributed by atoms with E-state index in [0.29, 0.717) is 6.42 Å². The summed E-state index contributed by atoms with van der Waals surface area (Å²) in [4.78, 5) is 51.2. The van der Waals surface area contributed by atoms with E-state index in [0.717, 1.165) is 16.5 Å². The van der Waals surface area contributed by atoms with Gasteiger partial charge in [0.15, 0.2) is 0 Å². The Hall–Kier alpha value is -3.40. The Morgan fingerprint density at radius 3 is 2.35 bits per heavy atom. The van der Waals surface area contributed by atoms with E-state index in [1.54, 1.807) is 6.20 Å². The number of benzene rings is 1. The van der Waals surface area contributed by atoms with Crippen molar-refractivity contribution in [3.8, 4) is 0 Å². The number of fused-ring (bicyclic) bond motifs is 1. The zero-order valence-electron chi connectivity index (χ0n) is 17.6. The summed E-state index contributed by atoms with van der Waals surface area (Å²) in [7, 11) is 0. The van der Waals surface area contributed by atoms with Gasteiger partial charge in [-0.1, -0.05) is 38.5 Å². The van der Waals surface area contributed by atoms with Gasteiger partial charge in [0, 0.05) is 23.5 Å². The Morgan fingerprint density at radius 2 is 1.74 bits per heavy atom. The first-order valence-electron chi connectivity index (χ1n) is 10.1. The number of carboxylic acid groups (broad SMARTS) is 1. The third-order valence-corrected chi connectivity index (χ3v) is 5.31. The van der Waals surface area contributed by atoms with Crippen LogP contribution in [0.2, 0.25) is 0 Å². The molecule has 0 aliphatic heterocycles. The van der Waals surface area contributed by atoms with Crippen LogP contribution in [-0.2, 0) is 25.6 Å². The molecule has 0 saturated carbocycles. The standard InChI is InChI=1S/C21H29N5O5/c1-3-11(2)18(23)20(29)25-15(19(28)26-16(21(30)31)9-17(22)27)8-12-10-24-14-7-5-4-6-13(12)14/h4-7,10-11,15-16,18,24H,3,8-9,23H2,1-2H3,(H2,22,27)(H,25,29)(H,26,28)(H,30,31). The van der Waals surface area contributed by atoms with Crippen LogP contribution in [0, 0.1) is 5.92 Å². The summed E-state index contributed by atoms with van der Waals surface area (Å²) in [5, 5.41) is 15.1. The smallest absolute Gasteiger partial charge is 0.326 e. The first-order chi connectivity index (χ1) is 14.6. The second kappa shape index (κ2) is 10.6. The average molecular weight is 431 g/mol. The number of hydrogen-bond donors (Lipinski definition) is 6. The molecule has 0 spiro atoms. The molecular formula is C21H29N5O5. The van der Waals surface area contributed by atoms with Gasteiger partial charge in [0.25, 0.3) is 0 Å². The zero-order valence-corrected chi connectivity index (χ0v) is 17.6. The van der Waals surface area contributed by atoms with E-state index in [4.69, 9.17) is 11.5 Å². The number of para-hydroxylation sites is 1. The average Bonchev–Trinajstić information content (AvgIpc) is 3.13. The van der Waals surface area contributed by atoms with Gasteiger partial charge in [-0.15, -0.1) is 0 Å². The van der Waals surface area contributed by atoms with E-state index in [1.807, 2.05) is 38.1 Å². The molecule has 10 heteroatoms. The van der Waals surface area contributed by atoms with Gasteiger partial charge in [0.2, 0.25) is 17.7 Å². The van der Waals surface area contributed by atoms with Crippen LogP contribution < -0.4 is 22.1 Å². The van der Waals surface area contributed by atoms with E-state index in [1.165, 1.54) is 0 Å². The largest absolute Gasteiger partial charge is 0.480 e. The van der Waals surface area contributed by atoms with E-state index in [2.05, 4.69) is 15.6 Å². The molecular weight excluding hydrogens is 402 g/mol. The summed E-state index contributed by atoms with van der Waals surface area (Å²) in [5.74, 6) is -3.65. The predicted molar refractivity (Wildman–Crippen MR) is 115 cm³/mol. The van der Waals surface area contributed by atoms with E-state index in [9.17, 15) is 24.3 Å². The highest BCUT2D eigenvalue weighted by Crippen LogP contribution is 2.19. The maximum atomic E-state index is 12.9. The monoisotopic (exact) mass is 431 g/mol. The topological polar surface area (TPSA) is 180 Å². The summed E-state index contributed by atoms with van der Waals surface area (Å²) in [6.45, 7) is 3.72. The van der Waals surface area contributed by atoms with E-state index in [-0.39, 0.29) is 12.3 Å². The number of nitrogens with one attached hydrogen (secondary N) is 3. The highest BCUT2D eigenvalue weighted by molar-refractivity contribution is 5.94. The van der Waals surface area contributed by atoms with Crippen molar-refractivity contribution in [3.05, 3.63) is 36.0 Å². The summed E-state index contributed by atoms with van der Waals surface area (Å²) in [6, 6.07) is 4.02. The normalized spacial score (nSPS) is 14.9. The Kier molecular flexibility index (Phi) is 8.14. The first-order valence-corrected chi connectivity index (χ1v) is 10.1. The van der Waals surface area contributed by atoms with Gasteiger partial charge in [-0.05, 0) is 17.5 Å². The number of carbonyl (C=O) groups is 4. The molecule has 168 valence electrons. The number of aromatic amines is 1. The van der Waals surface area contributed by atoms with Gasteiger partial charge in [-0.25, -0.2) is 4.79 Å². The van der Waals surface area contributed by atoms with E-state index < -0.39 is 48.2 Å². The second-order valence-corrected chi connectivity index (χ2v) is 7.61. The third-order valence-electron chi connectivity index (χ3n) is 5.31. The number of primary amides is 1. The lowest BCUT2D eigenvalue weighted by Crippen LogP contribution is -2.56. The number of nitrogens with two attached hydrogens (primary N) is 2. The number of aromatic nitrogens is 1. The number of hydrogen-bond acceptors (Lipinski definition) is 5. The van der Waals surface area contributed by atoms with Crippen LogP contribution >= 0.6 is 0 Å². The molecule has 2 rings (SSSR count). The SMILES string of the molecule is CCC(C)C(N)C(=O)NC(Cc1c[nH]c2ccccc12)C(=O)NC(CC(N)=O)C(=O)O. The van der Waals surface area contributed by atoms with Crippen molar-refractivity contribution in [3.63, 3.8) is 0 Å². The molecule has 0 aliphatic rings. The van der Waals surface area contributed by atoms with Crippen molar-refractivity contribution < 1.29 is 24.3 Å². The molecule has 0 saturated heterocycles. The maximum absolute atomic E-state index is 12.9. The lowest BCUT2D eigenvalue weighted by atomic mass is 9.98. The molecule has 31 heavy (non-hydrogen) atoms. The van der Waals surface area contributed by atoms with Crippen molar-refractivity contribution >= 4 is 34.6 Å². The van der Waals surface area contributed by atoms with Crippen molar-refractivity contribution in [2.45, 2.75) is 51.2 Å². The number of rotatable bonds is 11. The predicted octanol–water partition coefficient (Wildman–Crippen LogP) is 0.0134. The van der Waals surface area contributed by atoms with Gasteiger partial charge in [-0.3, -0.25) is 14.4 Å². The zero-order chi connectivity index (χ0) is 23.1. The minimum atomic E-state index is -1.50. The van der Waals surface area contributed by atoms with Gasteiger partial charge in [0.05, 0.1) is 12.5 Å². The molecule has 0 radical (unpaired) electrons. The molecule has 1 aromatic carbocycles. The molecule has 10 nitrogen and oxygen atoms in total. The second-order valence-electron chi connectivity index (χ2n) is 7.61. The molecule has 1 heterocycles. The first kappa shape index (κ1) is 23.9. The number of carbonyl (C=O) groups excluding carboxylic acids is 3. The number of H-pyrrole nitrogens is 1.